The highest BCUT2D eigenvalue weighted by Crippen LogP contribution is 2.29. The Morgan fingerprint density at radius 2 is 1.47 bits per heavy atom. The number of nitrogens with one attached hydrogen (secondary N) is 1. The highest BCUT2D eigenvalue weighted by atomic mass is 35.5. The van der Waals surface area contributed by atoms with Gasteiger partial charge in [0, 0.05) is 29.9 Å². The Bertz CT molecular complexity index is 1030. The quantitative estimate of drug-likeness (QED) is 0.379. The second-order valence-electron chi connectivity index (χ2n) is 8.72. The van der Waals surface area contributed by atoms with Crippen LogP contribution >= 0.6 is 11.6 Å². The van der Waals surface area contributed by atoms with Crippen molar-refractivity contribution in [2.75, 3.05) is 0 Å². The van der Waals surface area contributed by atoms with E-state index in [0.717, 1.165) is 23.1 Å². The van der Waals surface area contributed by atoms with Gasteiger partial charge in [-0.15, -0.1) is 0 Å². The molecule has 0 aliphatic heterocycles. The van der Waals surface area contributed by atoms with Crippen LogP contribution in [0.5, 0.6) is 0 Å². The van der Waals surface area contributed by atoms with Crippen LogP contribution in [-0.2, 0) is 16.1 Å². The van der Waals surface area contributed by atoms with Crippen molar-refractivity contribution in [2.24, 2.45) is 0 Å². The Balaban J connectivity index is 1.91. The van der Waals surface area contributed by atoms with Crippen molar-refractivity contribution < 1.29 is 9.59 Å². The van der Waals surface area contributed by atoms with E-state index >= 15 is 0 Å². The lowest BCUT2D eigenvalue weighted by Crippen LogP contribution is -2.49. The van der Waals surface area contributed by atoms with E-state index < -0.39 is 6.04 Å². The van der Waals surface area contributed by atoms with Crippen LogP contribution in [0, 0.1) is 0 Å². The molecule has 3 aromatic carbocycles. The number of halogens is 1. The molecule has 0 heterocycles. The molecule has 0 aliphatic carbocycles. The van der Waals surface area contributed by atoms with Gasteiger partial charge in [-0.2, -0.15) is 0 Å². The Morgan fingerprint density at radius 1 is 0.882 bits per heavy atom. The maximum absolute atomic E-state index is 13.8. The number of carbonyl (C=O) groups is 2. The van der Waals surface area contributed by atoms with E-state index in [-0.39, 0.29) is 30.2 Å². The van der Waals surface area contributed by atoms with Crippen molar-refractivity contribution in [1.29, 1.82) is 0 Å². The number of amides is 2. The van der Waals surface area contributed by atoms with Gasteiger partial charge in [0.25, 0.3) is 0 Å². The standard InChI is InChI=1S/C29H33ClN2O2/c1-4-21(2)31-29(34)22(3)32(20-23-12-11-17-26(30)18-23)28(33)19-27(24-13-7-5-8-14-24)25-15-9-6-10-16-25/h5-18,21-22,27H,4,19-20H2,1-3H3,(H,31,34)/t21-,22-/m1/s1. The SMILES string of the molecule is CC[C@@H](C)NC(=O)[C@@H](C)N(Cc1cccc(Cl)c1)C(=O)CC(c1ccccc1)c1ccccc1. The summed E-state index contributed by atoms with van der Waals surface area (Å²) in [5, 5.41) is 3.62. The summed E-state index contributed by atoms with van der Waals surface area (Å²) in [5.41, 5.74) is 3.03. The largest absolute Gasteiger partial charge is 0.352 e. The number of nitrogens with zero attached hydrogens (tertiary/aromatic N) is 1. The molecule has 0 aliphatic rings. The van der Waals surface area contributed by atoms with Crippen LogP contribution in [-0.4, -0.2) is 28.8 Å². The Hall–Kier alpha value is -3.11. The first-order valence-corrected chi connectivity index (χ1v) is 12.2. The van der Waals surface area contributed by atoms with Crippen LogP contribution in [0.1, 0.15) is 56.2 Å². The normalized spacial score (nSPS) is 12.7. The highest BCUT2D eigenvalue weighted by molar-refractivity contribution is 6.30. The lowest BCUT2D eigenvalue weighted by Gasteiger charge is -2.31. The molecule has 0 unspecified atom stereocenters. The molecule has 4 nitrogen and oxygen atoms in total. The number of rotatable bonds is 10. The fourth-order valence-corrected chi connectivity index (χ4v) is 4.18. The van der Waals surface area contributed by atoms with E-state index in [1.807, 2.05) is 92.7 Å². The van der Waals surface area contributed by atoms with Crippen LogP contribution < -0.4 is 5.32 Å². The molecule has 34 heavy (non-hydrogen) atoms. The van der Waals surface area contributed by atoms with Crippen LogP contribution in [0.15, 0.2) is 84.9 Å². The predicted molar refractivity (Wildman–Crippen MR) is 139 cm³/mol. The van der Waals surface area contributed by atoms with Crippen molar-refractivity contribution in [3.8, 4) is 0 Å². The topological polar surface area (TPSA) is 49.4 Å². The first-order valence-electron chi connectivity index (χ1n) is 11.8. The third-order valence-electron chi connectivity index (χ3n) is 6.19. The average molecular weight is 477 g/mol. The smallest absolute Gasteiger partial charge is 0.242 e. The summed E-state index contributed by atoms with van der Waals surface area (Å²) >= 11 is 6.20. The van der Waals surface area contributed by atoms with Crippen molar-refractivity contribution in [3.05, 3.63) is 107 Å². The summed E-state index contributed by atoms with van der Waals surface area (Å²) in [4.78, 5) is 28.5. The summed E-state index contributed by atoms with van der Waals surface area (Å²) in [7, 11) is 0. The minimum atomic E-state index is -0.618. The molecule has 0 saturated carbocycles. The van der Waals surface area contributed by atoms with Crippen molar-refractivity contribution in [3.63, 3.8) is 0 Å². The summed E-state index contributed by atoms with van der Waals surface area (Å²) in [6, 6.07) is 26.9. The molecule has 178 valence electrons. The van der Waals surface area contributed by atoms with Crippen LogP contribution in [0.2, 0.25) is 5.02 Å². The fraction of sp³-hybridized carbons (Fsp3) is 0.310. The van der Waals surface area contributed by atoms with Gasteiger partial charge in [-0.25, -0.2) is 0 Å². The van der Waals surface area contributed by atoms with Gasteiger partial charge in [-0.3, -0.25) is 9.59 Å². The minimum Gasteiger partial charge on any atom is -0.352 e. The zero-order valence-electron chi connectivity index (χ0n) is 20.1. The summed E-state index contributed by atoms with van der Waals surface area (Å²) in [6.45, 7) is 6.09. The van der Waals surface area contributed by atoms with Gasteiger partial charge in [-0.05, 0) is 49.1 Å². The van der Waals surface area contributed by atoms with Crippen LogP contribution in [0.4, 0.5) is 0 Å². The lowest BCUT2D eigenvalue weighted by molar-refractivity contribution is -0.141. The minimum absolute atomic E-state index is 0.0412. The van der Waals surface area contributed by atoms with Gasteiger partial charge in [0.15, 0.2) is 0 Å². The van der Waals surface area contributed by atoms with E-state index in [4.69, 9.17) is 11.6 Å². The molecular weight excluding hydrogens is 444 g/mol. The van der Waals surface area contributed by atoms with E-state index in [1.165, 1.54) is 0 Å². The zero-order valence-corrected chi connectivity index (χ0v) is 20.8. The van der Waals surface area contributed by atoms with Gasteiger partial charge >= 0.3 is 0 Å². The molecule has 0 aromatic heterocycles. The molecule has 0 radical (unpaired) electrons. The maximum atomic E-state index is 13.8. The summed E-state index contributed by atoms with van der Waals surface area (Å²) in [6.07, 6.45) is 1.08. The van der Waals surface area contributed by atoms with Crippen LogP contribution in [0.3, 0.4) is 0 Å². The molecular formula is C29H33ClN2O2. The molecule has 2 amide bonds. The molecule has 0 fully saturated rings. The van der Waals surface area contributed by atoms with Gasteiger partial charge in [-0.1, -0.05) is 91.3 Å². The summed E-state index contributed by atoms with van der Waals surface area (Å²) in [5.74, 6) is -0.341. The molecule has 0 saturated heterocycles. The molecule has 3 aromatic rings. The van der Waals surface area contributed by atoms with Crippen molar-refractivity contribution in [2.45, 2.75) is 58.2 Å². The number of hydrogen-bond donors (Lipinski definition) is 1. The lowest BCUT2D eigenvalue weighted by atomic mass is 9.88. The average Bonchev–Trinajstić information content (AvgIpc) is 2.86. The van der Waals surface area contributed by atoms with E-state index in [1.54, 1.807) is 17.9 Å². The molecule has 0 bridgehead atoms. The maximum Gasteiger partial charge on any atom is 0.242 e. The Kier molecular flexibility index (Phi) is 9.29. The molecule has 2 atom stereocenters. The number of carbonyl (C=O) groups excluding carboxylic acids is 2. The third kappa shape index (κ3) is 6.94. The van der Waals surface area contributed by atoms with Gasteiger partial charge in [0.1, 0.15) is 6.04 Å². The third-order valence-corrected chi connectivity index (χ3v) is 6.43. The fourth-order valence-electron chi connectivity index (χ4n) is 3.97. The number of hydrogen-bond acceptors (Lipinski definition) is 2. The van der Waals surface area contributed by atoms with Gasteiger partial charge in [0.2, 0.25) is 11.8 Å². The first kappa shape index (κ1) is 25.5. The molecule has 1 N–H and O–H groups in total. The Morgan fingerprint density at radius 3 is 2.00 bits per heavy atom. The molecule has 5 heteroatoms. The number of benzene rings is 3. The first-order chi connectivity index (χ1) is 16.4. The molecule has 0 spiro atoms. The summed E-state index contributed by atoms with van der Waals surface area (Å²) < 4.78 is 0. The van der Waals surface area contributed by atoms with Gasteiger partial charge in [0.05, 0.1) is 0 Å². The molecule has 3 rings (SSSR count). The van der Waals surface area contributed by atoms with Crippen LogP contribution in [0.25, 0.3) is 0 Å². The zero-order chi connectivity index (χ0) is 24.5. The predicted octanol–water partition coefficient (Wildman–Crippen LogP) is 6.19. The van der Waals surface area contributed by atoms with E-state index in [0.29, 0.717) is 11.6 Å². The monoisotopic (exact) mass is 476 g/mol. The Labute approximate surface area is 207 Å². The second-order valence-corrected chi connectivity index (χ2v) is 9.16. The van der Waals surface area contributed by atoms with Crippen molar-refractivity contribution >= 4 is 23.4 Å². The van der Waals surface area contributed by atoms with E-state index in [9.17, 15) is 9.59 Å². The van der Waals surface area contributed by atoms with Gasteiger partial charge < -0.3 is 10.2 Å². The van der Waals surface area contributed by atoms with Crippen molar-refractivity contribution in [1.82, 2.24) is 10.2 Å². The van der Waals surface area contributed by atoms with E-state index in [2.05, 4.69) is 5.32 Å². The second kappa shape index (κ2) is 12.4. The highest BCUT2D eigenvalue weighted by Gasteiger charge is 2.29.